The van der Waals surface area contributed by atoms with Crippen molar-refractivity contribution in [3.8, 4) is 6.07 Å². The topological polar surface area (TPSA) is 71.1 Å². The van der Waals surface area contributed by atoms with Gasteiger partial charge in [-0.25, -0.2) is 0 Å². The molecule has 2 aliphatic heterocycles. The molecule has 3 N–H and O–H groups in total. The number of nitrogens with zero attached hydrogens (tertiary/aromatic N) is 1. The Hall–Kier alpha value is -2.33. The molecule has 2 aliphatic rings. The molecule has 1 atom stereocenters. The number of rotatable bonds is 2. The highest BCUT2D eigenvalue weighted by molar-refractivity contribution is 7.10. The molecule has 0 aliphatic carbocycles. The van der Waals surface area contributed by atoms with Crippen molar-refractivity contribution < 1.29 is 4.74 Å². The molecule has 120 valence electrons. The number of nitriles is 1. The van der Waals surface area contributed by atoms with Crippen LogP contribution < -0.4 is 11.1 Å². The number of thiophene rings is 2. The summed E-state index contributed by atoms with van der Waals surface area (Å²) in [5.41, 5.74) is 8.74. The molecule has 4 nitrogen and oxygen atoms in total. The molecule has 4 rings (SSSR count). The Morgan fingerprint density at radius 1 is 1.25 bits per heavy atom. The van der Waals surface area contributed by atoms with Gasteiger partial charge in [0, 0.05) is 34.0 Å². The monoisotopic (exact) mass is 353 g/mol. The summed E-state index contributed by atoms with van der Waals surface area (Å²) in [5.74, 6) is 0.906. The van der Waals surface area contributed by atoms with E-state index in [1.54, 1.807) is 22.7 Å². The van der Waals surface area contributed by atoms with E-state index < -0.39 is 0 Å². The summed E-state index contributed by atoms with van der Waals surface area (Å²) in [6.45, 7) is 1.42. The van der Waals surface area contributed by atoms with Crippen LogP contribution in [-0.4, -0.2) is 13.1 Å². The first-order chi connectivity index (χ1) is 11.8. The van der Waals surface area contributed by atoms with Crippen LogP contribution in [0.1, 0.15) is 15.7 Å². The van der Waals surface area contributed by atoms with E-state index in [2.05, 4.69) is 28.9 Å². The van der Waals surface area contributed by atoms with E-state index in [4.69, 9.17) is 10.5 Å². The number of nitrogens with two attached hydrogens (primary N) is 1. The highest BCUT2D eigenvalue weighted by Crippen LogP contribution is 2.43. The molecule has 6 heteroatoms. The third kappa shape index (κ3) is 2.57. The normalized spacial score (nSPS) is 22.3. The minimum absolute atomic E-state index is 0.127. The Morgan fingerprint density at radius 3 is 2.79 bits per heavy atom. The van der Waals surface area contributed by atoms with E-state index in [0.29, 0.717) is 12.1 Å². The zero-order chi connectivity index (χ0) is 16.5. The predicted octanol–water partition coefficient (Wildman–Crippen LogP) is 3.56. The molecule has 4 heterocycles. The molecular formula is C18H15N3OS2. The fourth-order valence-corrected chi connectivity index (χ4v) is 4.64. The molecule has 0 saturated carbocycles. The highest BCUT2D eigenvalue weighted by atomic mass is 32.1. The Morgan fingerprint density at radius 2 is 2.08 bits per heavy atom. The van der Waals surface area contributed by atoms with Gasteiger partial charge in [-0.2, -0.15) is 5.26 Å². The molecule has 0 aromatic carbocycles. The largest absolute Gasteiger partial charge is 0.440 e. The zero-order valence-corrected chi connectivity index (χ0v) is 14.4. The Kier molecular flexibility index (Phi) is 3.98. The summed E-state index contributed by atoms with van der Waals surface area (Å²) in [5, 5.41) is 17.1. The standard InChI is InChI=1S/C18H15N3OS2/c19-8-13-16(15-4-2-6-24-15)14-10-21-9-11(17(14)22-18(13)20)7-12-3-1-5-23-12/h1-7,16,21H,9-10,20H2. The lowest BCUT2D eigenvalue weighted by atomic mass is 9.84. The lowest BCUT2D eigenvalue weighted by molar-refractivity contribution is 0.279. The summed E-state index contributed by atoms with van der Waals surface area (Å²) < 4.78 is 5.90. The van der Waals surface area contributed by atoms with Crippen LogP contribution in [0.15, 0.2) is 63.4 Å². The van der Waals surface area contributed by atoms with E-state index in [0.717, 1.165) is 28.3 Å². The molecule has 24 heavy (non-hydrogen) atoms. The summed E-state index contributed by atoms with van der Waals surface area (Å²) in [4.78, 5) is 2.29. The van der Waals surface area contributed by atoms with Gasteiger partial charge in [-0.1, -0.05) is 12.1 Å². The lowest BCUT2D eigenvalue weighted by Crippen LogP contribution is -2.34. The van der Waals surface area contributed by atoms with Gasteiger partial charge in [0.05, 0.1) is 5.92 Å². The van der Waals surface area contributed by atoms with Gasteiger partial charge < -0.3 is 15.8 Å². The number of hydrogen-bond donors (Lipinski definition) is 2. The van der Waals surface area contributed by atoms with E-state index in [-0.39, 0.29) is 11.8 Å². The maximum Gasteiger partial charge on any atom is 0.205 e. The van der Waals surface area contributed by atoms with Gasteiger partial charge >= 0.3 is 0 Å². The van der Waals surface area contributed by atoms with Crippen molar-refractivity contribution in [1.82, 2.24) is 5.32 Å². The van der Waals surface area contributed by atoms with Crippen LogP contribution in [0.25, 0.3) is 6.08 Å². The molecule has 0 bridgehead atoms. The van der Waals surface area contributed by atoms with Gasteiger partial charge in [-0.15, -0.1) is 22.7 Å². The summed E-state index contributed by atoms with van der Waals surface area (Å²) in [7, 11) is 0. The van der Waals surface area contributed by atoms with Crippen molar-refractivity contribution in [2.75, 3.05) is 13.1 Å². The Balaban J connectivity index is 1.84. The molecule has 0 spiro atoms. The second kappa shape index (κ2) is 6.29. The smallest absolute Gasteiger partial charge is 0.205 e. The van der Waals surface area contributed by atoms with Gasteiger partial charge in [-0.05, 0) is 29.0 Å². The van der Waals surface area contributed by atoms with Crippen LogP contribution in [0.5, 0.6) is 0 Å². The van der Waals surface area contributed by atoms with Crippen LogP contribution >= 0.6 is 22.7 Å². The first-order valence-electron chi connectivity index (χ1n) is 7.57. The van der Waals surface area contributed by atoms with Crippen molar-refractivity contribution in [3.05, 3.63) is 73.1 Å². The van der Waals surface area contributed by atoms with Crippen LogP contribution in [0.4, 0.5) is 0 Å². The van der Waals surface area contributed by atoms with Gasteiger partial charge in [0.1, 0.15) is 17.4 Å². The number of hydrogen-bond acceptors (Lipinski definition) is 6. The Labute approximate surface area is 148 Å². The first kappa shape index (κ1) is 15.2. The van der Waals surface area contributed by atoms with Gasteiger partial charge in [0.25, 0.3) is 0 Å². The van der Waals surface area contributed by atoms with Crippen molar-refractivity contribution in [2.45, 2.75) is 5.92 Å². The fraction of sp³-hybridized carbons (Fsp3) is 0.167. The third-order valence-electron chi connectivity index (χ3n) is 4.14. The summed E-state index contributed by atoms with van der Waals surface area (Å²) in [6, 6.07) is 10.4. The van der Waals surface area contributed by atoms with Crippen LogP contribution in [-0.2, 0) is 4.74 Å². The minimum atomic E-state index is -0.127. The molecule has 2 aromatic rings. The van der Waals surface area contributed by atoms with E-state index in [9.17, 15) is 5.26 Å². The SMILES string of the molecule is N#CC1=C(N)OC2=C(CNCC2=Cc2cccs2)C1c1cccs1. The lowest BCUT2D eigenvalue weighted by Gasteiger charge is -2.32. The van der Waals surface area contributed by atoms with Gasteiger partial charge in [-0.3, -0.25) is 0 Å². The molecule has 1 unspecified atom stereocenters. The average molecular weight is 353 g/mol. The molecule has 0 amide bonds. The quantitative estimate of drug-likeness (QED) is 0.866. The van der Waals surface area contributed by atoms with E-state index in [1.807, 2.05) is 23.6 Å². The maximum absolute atomic E-state index is 9.58. The number of ether oxygens (including phenoxy) is 1. The molecular weight excluding hydrogens is 338 g/mol. The predicted molar refractivity (Wildman–Crippen MR) is 97.2 cm³/mol. The Bertz CT molecular complexity index is 883. The second-order valence-corrected chi connectivity index (χ2v) is 7.54. The van der Waals surface area contributed by atoms with E-state index in [1.165, 1.54) is 4.88 Å². The van der Waals surface area contributed by atoms with Gasteiger partial charge in [0.15, 0.2) is 0 Å². The van der Waals surface area contributed by atoms with Crippen molar-refractivity contribution in [2.24, 2.45) is 5.73 Å². The zero-order valence-electron chi connectivity index (χ0n) is 12.8. The molecule has 0 radical (unpaired) electrons. The molecule has 0 fully saturated rings. The van der Waals surface area contributed by atoms with Crippen molar-refractivity contribution in [3.63, 3.8) is 0 Å². The third-order valence-corrected chi connectivity index (χ3v) is 5.89. The van der Waals surface area contributed by atoms with Crippen molar-refractivity contribution in [1.29, 1.82) is 5.26 Å². The van der Waals surface area contributed by atoms with Crippen LogP contribution in [0, 0.1) is 11.3 Å². The highest BCUT2D eigenvalue weighted by Gasteiger charge is 2.36. The molecule has 2 aromatic heterocycles. The molecule has 0 saturated heterocycles. The van der Waals surface area contributed by atoms with Gasteiger partial charge in [0.2, 0.25) is 5.88 Å². The average Bonchev–Trinajstić information content (AvgIpc) is 3.28. The van der Waals surface area contributed by atoms with Crippen LogP contribution in [0.3, 0.4) is 0 Å². The van der Waals surface area contributed by atoms with Crippen molar-refractivity contribution >= 4 is 28.7 Å². The van der Waals surface area contributed by atoms with E-state index >= 15 is 0 Å². The summed E-state index contributed by atoms with van der Waals surface area (Å²) in [6.07, 6.45) is 2.13. The summed E-state index contributed by atoms with van der Waals surface area (Å²) >= 11 is 3.32. The minimum Gasteiger partial charge on any atom is -0.440 e. The number of nitrogens with one attached hydrogen (secondary N) is 1. The van der Waals surface area contributed by atoms with Crippen LogP contribution in [0.2, 0.25) is 0 Å². The fourth-order valence-electron chi connectivity index (χ4n) is 3.10. The maximum atomic E-state index is 9.58. The first-order valence-corrected chi connectivity index (χ1v) is 9.33. The second-order valence-electron chi connectivity index (χ2n) is 5.58. The number of allylic oxidation sites excluding steroid dienone is 1.